The van der Waals surface area contributed by atoms with Crippen LogP contribution in [0.25, 0.3) is 11.1 Å². The van der Waals surface area contributed by atoms with E-state index in [1.165, 1.54) is 5.57 Å². The Bertz CT molecular complexity index is 2230. The van der Waals surface area contributed by atoms with Gasteiger partial charge in [0.2, 0.25) is 0 Å². The second kappa shape index (κ2) is 19.9. The molecule has 0 radical (unpaired) electrons. The number of fused-ring (bicyclic) bond motifs is 8. The fourth-order valence-corrected chi connectivity index (χ4v) is 10.9. The van der Waals surface area contributed by atoms with Crippen molar-refractivity contribution < 1.29 is 34.0 Å². The third-order valence-corrected chi connectivity index (χ3v) is 15.0. The summed E-state index contributed by atoms with van der Waals surface area (Å²) < 4.78 is 17.9. The Kier molecular flexibility index (Phi) is 14.5. The number of aliphatic hydroxyl groups excluding tert-OH is 1. The lowest BCUT2D eigenvalue weighted by Gasteiger charge is -2.46. The topological polar surface area (TPSA) is 106 Å². The highest BCUT2D eigenvalue weighted by molar-refractivity contribution is 6.10. The summed E-state index contributed by atoms with van der Waals surface area (Å²) >= 11 is 0. The van der Waals surface area contributed by atoms with Crippen LogP contribution in [0.3, 0.4) is 0 Å². The number of benzene rings is 4. The van der Waals surface area contributed by atoms with Crippen LogP contribution in [-0.4, -0.2) is 65.6 Å². The van der Waals surface area contributed by atoms with Crippen molar-refractivity contribution in [3.63, 3.8) is 0 Å². The van der Waals surface area contributed by atoms with Crippen LogP contribution in [0.15, 0.2) is 103 Å². The van der Waals surface area contributed by atoms with E-state index in [2.05, 4.69) is 65.0 Å². The molecule has 0 aliphatic heterocycles. The van der Waals surface area contributed by atoms with E-state index in [9.17, 15) is 19.8 Å². The minimum atomic E-state index is -1.35. The van der Waals surface area contributed by atoms with Crippen molar-refractivity contribution >= 4 is 11.9 Å². The monoisotopic (exact) mass is 856 g/mol. The van der Waals surface area contributed by atoms with Crippen molar-refractivity contribution in [1.29, 1.82) is 0 Å². The van der Waals surface area contributed by atoms with E-state index in [1.807, 2.05) is 66.7 Å². The molecule has 0 unspecified atom stereocenters. The summed E-state index contributed by atoms with van der Waals surface area (Å²) in [5.41, 5.74) is 4.97. The molecule has 2 N–H and O–H groups in total. The second-order valence-electron chi connectivity index (χ2n) is 19.5. The van der Waals surface area contributed by atoms with Gasteiger partial charge < -0.3 is 29.3 Å². The third kappa shape index (κ3) is 10.2. The summed E-state index contributed by atoms with van der Waals surface area (Å²) in [6.45, 7) is 11.1. The molecule has 2 fully saturated rings. The highest BCUT2D eigenvalue weighted by Gasteiger charge is 2.58. The molecule has 4 aromatic carbocycles. The normalized spacial score (nSPS) is 26.3. The van der Waals surface area contributed by atoms with Crippen LogP contribution in [0.5, 0.6) is 11.5 Å². The molecule has 63 heavy (non-hydrogen) atoms. The molecule has 2 saturated carbocycles. The lowest BCUT2D eigenvalue weighted by atomic mass is 9.64. The van der Waals surface area contributed by atoms with Crippen molar-refractivity contribution in [1.82, 2.24) is 4.90 Å². The molecular formula is C55H69NO7. The molecular weight excluding hydrogens is 787 g/mol. The maximum atomic E-state index is 14.9. The SMILES string of the molecule is COc1ccc(CN(C[C@]2(O)CC[C@H]3c4ccc(cc4C(=O)c4ccc(-c5ccccc5)cc4)C[C@@H](O)CCC(C)=CCC[C@@]32C)C(=O)O[C@H]2C[C@@H](C)CC[C@@H]2C(C)C)c(OC)c1. The summed E-state index contributed by atoms with van der Waals surface area (Å²) in [4.78, 5) is 31.4. The Balaban J connectivity index is 1.28. The number of hydrogen-bond donors (Lipinski definition) is 2. The van der Waals surface area contributed by atoms with Gasteiger partial charge in [0.1, 0.15) is 17.6 Å². The molecule has 4 aliphatic carbocycles. The minimum Gasteiger partial charge on any atom is -0.497 e. The number of ketones is 1. The lowest BCUT2D eigenvalue weighted by Crippen LogP contribution is -2.54. The van der Waals surface area contributed by atoms with Crippen molar-refractivity contribution in [3.05, 3.63) is 130 Å². The van der Waals surface area contributed by atoms with Crippen LogP contribution in [0.1, 0.15) is 131 Å². The Morgan fingerprint density at radius 1 is 0.873 bits per heavy atom. The first kappa shape index (κ1) is 46.1. The minimum absolute atomic E-state index is 0.0415. The number of allylic oxidation sites excluding steroid dienone is 2. The van der Waals surface area contributed by atoms with Gasteiger partial charge in [-0.3, -0.25) is 4.79 Å². The number of hydrogen-bond acceptors (Lipinski definition) is 7. The summed E-state index contributed by atoms with van der Waals surface area (Å²) in [6, 6.07) is 29.6. The number of amides is 1. The predicted molar refractivity (Wildman–Crippen MR) is 250 cm³/mol. The molecule has 1 amide bonds. The van der Waals surface area contributed by atoms with Crippen LogP contribution >= 0.6 is 0 Å². The zero-order chi connectivity index (χ0) is 44.9. The molecule has 336 valence electrons. The lowest BCUT2D eigenvalue weighted by molar-refractivity contribution is -0.0877. The number of ether oxygens (including phenoxy) is 3. The zero-order valence-corrected chi connectivity index (χ0v) is 38.6. The van der Waals surface area contributed by atoms with Crippen molar-refractivity contribution in [3.8, 4) is 22.6 Å². The van der Waals surface area contributed by atoms with E-state index in [-0.39, 0.29) is 36.8 Å². The van der Waals surface area contributed by atoms with E-state index in [4.69, 9.17) is 14.2 Å². The van der Waals surface area contributed by atoms with Crippen LogP contribution in [-0.2, 0) is 17.7 Å². The maximum Gasteiger partial charge on any atom is 0.410 e. The van der Waals surface area contributed by atoms with Crippen molar-refractivity contribution in [2.45, 2.75) is 129 Å². The largest absolute Gasteiger partial charge is 0.497 e. The van der Waals surface area contributed by atoms with E-state index >= 15 is 0 Å². The molecule has 0 aromatic heterocycles. The number of rotatable bonds is 11. The van der Waals surface area contributed by atoms with Gasteiger partial charge in [-0.1, -0.05) is 112 Å². The van der Waals surface area contributed by atoms with Gasteiger partial charge in [-0.05, 0) is 129 Å². The van der Waals surface area contributed by atoms with Crippen LogP contribution in [0.2, 0.25) is 0 Å². The smallest absolute Gasteiger partial charge is 0.410 e. The molecule has 8 heteroatoms. The van der Waals surface area contributed by atoms with Crippen molar-refractivity contribution in [2.24, 2.45) is 23.2 Å². The quantitative estimate of drug-likeness (QED) is 0.114. The van der Waals surface area contributed by atoms with E-state index in [1.54, 1.807) is 19.1 Å². The van der Waals surface area contributed by atoms with Gasteiger partial charge in [0.25, 0.3) is 0 Å². The van der Waals surface area contributed by atoms with E-state index in [0.29, 0.717) is 73.0 Å². The molecule has 8 rings (SSSR count). The number of carbonyl (C=O) groups is 2. The molecule has 8 nitrogen and oxygen atoms in total. The molecule has 0 spiro atoms. The van der Waals surface area contributed by atoms with Gasteiger partial charge in [0, 0.05) is 28.2 Å². The molecule has 7 atom stereocenters. The van der Waals surface area contributed by atoms with Crippen LogP contribution in [0.4, 0.5) is 4.79 Å². The summed E-state index contributed by atoms with van der Waals surface area (Å²) in [5, 5.41) is 24.6. The van der Waals surface area contributed by atoms with E-state index < -0.39 is 23.2 Å². The Morgan fingerprint density at radius 2 is 1.62 bits per heavy atom. The highest BCUT2D eigenvalue weighted by Crippen LogP contribution is 2.59. The van der Waals surface area contributed by atoms with Crippen LogP contribution in [0, 0.1) is 23.2 Å². The standard InChI is InChI=1S/C55H69NO7/c1-36(2)46-25-16-38(4)30-51(46)63-53(59)56(34-43-22-24-45(61-6)33-50(43)62-7)35-55(60)29-27-49-47-26-17-39(31-44(57)23-15-37(3)12-11-28-54(49,55)5)32-48(47)52(58)42-20-18-41(19-21-42)40-13-9-8-10-14-40/h8-10,12-14,17-22,24,26,32-33,36,38,44,46,49,51,57,60H,11,15-16,23,25,27-31,34-35H2,1-7H3/t38-,44-,46+,49-,51-,54-,55+/m0/s1. The Morgan fingerprint density at radius 3 is 2.33 bits per heavy atom. The first-order chi connectivity index (χ1) is 30.2. The van der Waals surface area contributed by atoms with Gasteiger partial charge in [-0.25, -0.2) is 4.79 Å². The maximum absolute atomic E-state index is 14.9. The van der Waals surface area contributed by atoms with Gasteiger partial charge in [-0.2, -0.15) is 0 Å². The molecule has 0 heterocycles. The first-order valence-corrected chi connectivity index (χ1v) is 23.3. The molecule has 0 saturated heterocycles. The Hall–Kier alpha value is -4.92. The predicted octanol–water partition coefficient (Wildman–Crippen LogP) is 11.7. The van der Waals surface area contributed by atoms with E-state index in [0.717, 1.165) is 53.5 Å². The van der Waals surface area contributed by atoms with Gasteiger partial charge in [0.05, 0.1) is 39.0 Å². The fraction of sp³-hybridized carbons (Fsp3) is 0.491. The average Bonchev–Trinajstić information content (AvgIpc) is 3.53. The van der Waals surface area contributed by atoms with Gasteiger partial charge >= 0.3 is 6.09 Å². The number of methoxy groups -OCH3 is 2. The van der Waals surface area contributed by atoms with Crippen LogP contribution < -0.4 is 9.47 Å². The summed E-state index contributed by atoms with van der Waals surface area (Å²) in [5.74, 6) is 2.00. The second-order valence-corrected chi connectivity index (χ2v) is 19.5. The Labute approximate surface area is 375 Å². The molecule has 2 bridgehead atoms. The fourth-order valence-electron chi connectivity index (χ4n) is 10.9. The average molecular weight is 856 g/mol. The highest BCUT2D eigenvalue weighted by atomic mass is 16.6. The molecule has 4 aromatic rings. The summed E-state index contributed by atoms with van der Waals surface area (Å²) in [6.07, 6.45) is 8.15. The molecule has 4 aliphatic rings. The zero-order valence-electron chi connectivity index (χ0n) is 38.6. The third-order valence-electron chi connectivity index (χ3n) is 15.0. The van der Waals surface area contributed by atoms with Gasteiger partial charge in [-0.15, -0.1) is 0 Å². The summed E-state index contributed by atoms with van der Waals surface area (Å²) in [7, 11) is 3.22. The number of nitrogens with zero attached hydrogens (tertiary/aromatic N) is 1. The van der Waals surface area contributed by atoms with Gasteiger partial charge in [0.15, 0.2) is 5.78 Å². The first-order valence-electron chi connectivity index (χ1n) is 23.3. The number of carbonyl (C=O) groups excluding carboxylic acids is 2. The van der Waals surface area contributed by atoms with Crippen molar-refractivity contribution in [2.75, 3.05) is 20.8 Å². The number of aliphatic hydroxyl groups is 2.